The Labute approximate surface area is 159 Å². The van der Waals surface area contributed by atoms with Gasteiger partial charge in [0.2, 0.25) is 0 Å². The maximum Gasteiger partial charge on any atom is 0.298 e. The fraction of sp³-hybridized carbons (Fsp3) is 0.263. The van der Waals surface area contributed by atoms with Gasteiger partial charge >= 0.3 is 0 Å². The molecular formula is C19H18BrN3O3. The van der Waals surface area contributed by atoms with Gasteiger partial charge < -0.3 is 14.2 Å². The van der Waals surface area contributed by atoms with Gasteiger partial charge in [0, 0.05) is 18.0 Å². The highest BCUT2D eigenvalue weighted by atomic mass is 79.9. The van der Waals surface area contributed by atoms with Crippen LogP contribution in [0.1, 0.15) is 5.56 Å². The van der Waals surface area contributed by atoms with E-state index < -0.39 is 0 Å². The van der Waals surface area contributed by atoms with Gasteiger partial charge in [-0.1, -0.05) is 12.1 Å². The lowest BCUT2D eigenvalue weighted by molar-refractivity contribution is 0.0485. The molecule has 0 N–H and O–H groups in total. The average molecular weight is 416 g/mol. The highest BCUT2D eigenvalue weighted by molar-refractivity contribution is 9.10. The Bertz CT molecular complexity index is 881. The van der Waals surface area contributed by atoms with Gasteiger partial charge in [0.1, 0.15) is 16.5 Å². The summed E-state index contributed by atoms with van der Waals surface area (Å²) in [5.74, 6) is 0.840. The van der Waals surface area contributed by atoms with Crippen molar-refractivity contribution in [1.82, 2.24) is 14.5 Å². The van der Waals surface area contributed by atoms with Crippen LogP contribution in [0.2, 0.25) is 0 Å². The third kappa shape index (κ3) is 3.45. The van der Waals surface area contributed by atoms with Crippen molar-refractivity contribution in [2.24, 2.45) is 0 Å². The second-order valence-corrected chi connectivity index (χ2v) is 6.74. The first-order valence-corrected chi connectivity index (χ1v) is 9.07. The number of benzene rings is 1. The Balaban J connectivity index is 1.37. The van der Waals surface area contributed by atoms with Crippen molar-refractivity contribution in [2.75, 3.05) is 13.7 Å². The summed E-state index contributed by atoms with van der Waals surface area (Å²) in [6.45, 7) is 1.73. The topological polar surface area (TPSA) is 58.4 Å². The molecule has 0 saturated heterocycles. The van der Waals surface area contributed by atoms with Crippen molar-refractivity contribution in [3.05, 3.63) is 59.0 Å². The molecule has 26 heavy (non-hydrogen) atoms. The molecule has 1 aromatic carbocycles. The minimum absolute atomic E-state index is 0.0562. The summed E-state index contributed by atoms with van der Waals surface area (Å²) >= 11 is 3.51. The molecule has 4 rings (SSSR count). The van der Waals surface area contributed by atoms with E-state index in [1.807, 2.05) is 42.6 Å². The Morgan fingerprint density at radius 1 is 1.27 bits per heavy atom. The van der Waals surface area contributed by atoms with Crippen molar-refractivity contribution < 1.29 is 14.2 Å². The maximum absolute atomic E-state index is 5.92. The van der Waals surface area contributed by atoms with Crippen LogP contribution >= 0.6 is 15.9 Å². The summed E-state index contributed by atoms with van der Waals surface area (Å²) in [5, 5.41) is 0. The van der Waals surface area contributed by atoms with Crippen molar-refractivity contribution in [3.8, 4) is 23.0 Å². The maximum atomic E-state index is 5.92. The van der Waals surface area contributed by atoms with E-state index in [-0.39, 0.29) is 6.10 Å². The smallest absolute Gasteiger partial charge is 0.298 e. The molecule has 2 aromatic heterocycles. The lowest BCUT2D eigenvalue weighted by Gasteiger charge is -2.11. The number of fused-ring (bicyclic) bond motifs is 1. The van der Waals surface area contributed by atoms with Gasteiger partial charge in [-0.25, -0.2) is 0 Å². The molecule has 0 bridgehead atoms. The van der Waals surface area contributed by atoms with Gasteiger partial charge in [0.05, 0.1) is 32.6 Å². The summed E-state index contributed by atoms with van der Waals surface area (Å²) < 4.78 is 19.7. The summed E-state index contributed by atoms with van der Waals surface area (Å²) in [6.07, 6.45) is 3.52. The van der Waals surface area contributed by atoms with Crippen LogP contribution in [-0.4, -0.2) is 34.4 Å². The van der Waals surface area contributed by atoms with Crippen LogP contribution in [-0.2, 0) is 17.9 Å². The molecule has 1 aliphatic rings. The van der Waals surface area contributed by atoms with Crippen molar-refractivity contribution in [3.63, 3.8) is 0 Å². The lowest BCUT2D eigenvalue weighted by atomic mass is 10.2. The first-order valence-electron chi connectivity index (χ1n) is 8.28. The van der Waals surface area contributed by atoms with Crippen LogP contribution in [0.5, 0.6) is 11.8 Å². The molecular weight excluding hydrogens is 398 g/mol. The molecule has 7 heteroatoms. The molecule has 3 aromatic rings. The van der Waals surface area contributed by atoms with Gasteiger partial charge in [-0.2, -0.15) is 4.98 Å². The van der Waals surface area contributed by atoms with Crippen LogP contribution in [0.25, 0.3) is 11.3 Å². The molecule has 1 unspecified atom stereocenters. The number of halogens is 1. The summed E-state index contributed by atoms with van der Waals surface area (Å²) in [6, 6.07) is 12.4. The van der Waals surface area contributed by atoms with Crippen LogP contribution in [0, 0.1) is 0 Å². The summed E-state index contributed by atoms with van der Waals surface area (Å²) in [5.41, 5.74) is 3.08. The van der Waals surface area contributed by atoms with Crippen molar-refractivity contribution in [1.29, 1.82) is 0 Å². The molecule has 1 atom stereocenters. The third-order valence-corrected chi connectivity index (χ3v) is 4.77. The second-order valence-electron chi connectivity index (χ2n) is 5.99. The predicted molar refractivity (Wildman–Crippen MR) is 100 cm³/mol. The summed E-state index contributed by atoms with van der Waals surface area (Å²) in [4.78, 5) is 8.65. The van der Waals surface area contributed by atoms with Gasteiger partial charge in [-0.15, -0.1) is 0 Å². The molecule has 0 radical (unpaired) electrons. The van der Waals surface area contributed by atoms with Gasteiger partial charge in [-0.3, -0.25) is 9.55 Å². The molecule has 0 spiro atoms. The molecule has 0 aliphatic carbocycles. The zero-order chi connectivity index (χ0) is 17.9. The van der Waals surface area contributed by atoms with E-state index in [0.717, 1.165) is 27.2 Å². The molecule has 0 amide bonds. The minimum atomic E-state index is -0.0562. The standard InChI is InChI=1S/C19H18BrN3O3/c1-24-15-6-4-13(5-7-15)11-25-12-16-10-23-17(14-3-2-8-21-9-14)18(20)22-19(23)26-16/h2-9,16H,10-12H2,1H3. The first kappa shape index (κ1) is 17.1. The van der Waals surface area contributed by atoms with Crippen molar-refractivity contribution >= 4 is 15.9 Å². The average Bonchev–Trinajstić information content (AvgIpc) is 3.19. The number of rotatable bonds is 6. The zero-order valence-corrected chi connectivity index (χ0v) is 15.8. The van der Waals surface area contributed by atoms with Crippen LogP contribution in [0.15, 0.2) is 53.4 Å². The number of methoxy groups -OCH3 is 1. The fourth-order valence-corrected chi connectivity index (χ4v) is 3.54. The predicted octanol–water partition coefficient (Wildman–Crippen LogP) is 3.69. The second kappa shape index (κ2) is 7.47. The Morgan fingerprint density at radius 3 is 2.85 bits per heavy atom. The Morgan fingerprint density at radius 2 is 2.12 bits per heavy atom. The van der Waals surface area contributed by atoms with E-state index in [1.165, 1.54) is 0 Å². The SMILES string of the molecule is COc1ccc(COCC2Cn3c(nc(Br)c3-c3cccnc3)O2)cc1. The van der Waals surface area contributed by atoms with E-state index in [4.69, 9.17) is 14.2 Å². The quantitative estimate of drug-likeness (QED) is 0.614. The zero-order valence-electron chi connectivity index (χ0n) is 14.3. The van der Waals surface area contributed by atoms with E-state index in [9.17, 15) is 0 Å². The number of aromatic nitrogens is 3. The van der Waals surface area contributed by atoms with Crippen LogP contribution < -0.4 is 9.47 Å². The molecule has 134 valence electrons. The number of hydrogen-bond donors (Lipinski definition) is 0. The molecule has 1 aliphatic heterocycles. The normalized spacial score (nSPS) is 15.5. The Hall–Kier alpha value is -2.38. The Kier molecular flexibility index (Phi) is 4.90. The summed E-state index contributed by atoms with van der Waals surface area (Å²) in [7, 11) is 1.66. The van der Waals surface area contributed by atoms with Crippen LogP contribution in [0.3, 0.4) is 0 Å². The van der Waals surface area contributed by atoms with Crippen molar-refractivity contribution in [2.45, 2.75) is 19.3 Å². The van der Waals surface area contributed by atoms with E-state index in [0.29, 0.717) is 25.8 Å². The third-order valence-electron chi connectivity index (χ3n) is 4.21. The molecule has 0 fully saturated rings. The monoisotopic (exact) mass is 415 g/mol. The van der Waals surface area contributed by atoms with E-state index >= 15 is 0 Å². The molecule has 6 nitrogen and oxygen atoms in total. The number of ether oxygens (including phenoxy) is 3. The lowest BCUT2D eigenvalue weighted by Crippen LogP contribution is -2.22. The van der Waals surface area contributed by atoms with E-state index in [2.05, 4.69) is 30.5 Å². The number of imidazole rings is 1. The molecule has 3 heterocycles. The first-order chi connectivity index (χ1) is 12.7. The molecule has 0 saturated carbocycles. The van der Waals surface area contributed by atoms with Crippen LogP contribution in [0.4, 0.5) is 0 Å². The fourth-order valence-electron chi connectivity index (χ4n) is 2.95. The highest BCUT2D eigenvalue weighted by Gasteiger charge is 2.29. The number of nitrogens with zero attached hydrogens (tertiary/aromatic N) is 3. The minimum Gasteiger partial charge on any atom is -0.497 e. The number of pyridine rings is 1. The van der Waals surface area contributed by atoms with Gasteiger partial charge in [0.15, 0.2) is 0 Å². The highest BCUT2D eigenvalue weighted by Crippen LogP contribution is 2.35. The van der Waals surface area contributed by atoms with Gasteiger partial charge in [-0.05, 0) is 45.8 Å². The van der Waals surface area contributed by atoms with Gasteiger partial charge in [0.25, 0.3) is 6.01 Å². The largest absolute Gasteiger partial charge is 0.497 e. The number of hydrogen-bond acceptors (Lipinski definition) is 5. The van der Waals surface area contributed by atoms with E-state index in [1.54, 1.807) is 13.3 Å².